The normalized spacial score (nSPS) is 20.8. The van der Waals surface area contributed by atoms with Crippen molar-refractivity contribution in [1.82, 2.24) is 0 Å². The molecule has 2 aromatic rings. The van der Waals surface area contributed by atoms with E-state index in [0.29, 0.717) is 0 Å². The van der Waals surface area contributed by atoms with Gasteiger partial charge in [-0.2, -0.15) is 0 Å². The molecule has 2 atom stereocenters. The maximum atomic E-state index is 6.15. The van der Waals surface area contributed by atoms with E-state index in [0.717, 1.165) is 35.4 Å². The number of allylic oxidation sites excluding steroid dienone is 12. The van der Waals surface area contributed by atoms with Crippen molar-refractivity contribution in [3.8, 4) is 0 Å². The number of thiocarbonyl (C=S) groups is 2. The van der Waals surface area contributed by atoms with E-state index in [1.807, 2.05) is 0 Å². The summed E-state index contributed by atoms with van der Waals surface area (Å²) >= 11 is 12.3. The van der Waals surface area contributed by atoms with Gasteiger partial charge in [-0.15, -0.1) is 20.9 Å². The van der Waals surface area contributed by atoms with Crippen LogP contribution in [-0.4, -0.2) is 9.73 Å². The molecule has 0 N–H and O–H groups in total. The first-order valence-corrected chi connectivity index (χ1v) is 16.0. The Bertz CT molecular complexity index is 1540. The smallest absolute Gasteiger partial charge is 1.00 e. The Labute approximate surface area is 306 Å². The summed E-state index contributed by atoms with van der Waals surface area (Å²) in [6.45, 7) is 13.9. The maximum Gasteiger partial charge on any atom is 4.00 e. The third kappa shape index (κ3) is 5.58. The molecule has 4 aliphatic carbocycles. The van der Waals surface area contributed by atoms with Gasteiger partial charge in [0.25, 0.3) is 0 Å². The van der Waals surface area contributed by atoms with Crippen molar-refractivity contribution in [3.63, 3.8) is 0 Å². The van der Waals surface area contributed by atoms with Gasteiger partial charge in [0.1, 0.15) is 0 Å². The van der Waals surface area contributed by atoms with E-state index in [2.05, 4.69) is 114 Å². The van der Waals surface area contributed by atoms with Crippen molar-refractivity contribution in [2.24, 2.45) is 17.3 Å². The number of hydrogen-bond donors (Lipinski definition) is 0. The Balaban J connectivity index is 0.00000176. The molecule has 0 heterocycles. The molecule has 224 valence electrons. The van der Waals surface area contributed by atoms with Crippen LogP contribution in [0.25, 0.3) is 11.1 Å². The predicted octanol–water partition coefficient (Wildman–Crippen LogP) is 4.64. The molecular formula is C39H38Cl2S2Zr. The topological polar surface area (TPSA) is 0 Å². The van der Waals surface area contributed by atoms with Crippen molar-refractivity contribution in [1.29, 1.82) is 0 Å². The molecular weight excluding hydrogens is 695 g/mol. The molecule has 0 spiro atoms. The van der Waals surface area contributed by atoms with Gasteiger partial charge in [0.05, 0.1) is 0 Å². The van der Waals surface area contributed by atoms with Crippen LogP contribution >= 0.6 is 24.4 Å². The summed E-state index contributed by atoms with van der Waals surface area (Å²) in [5, 5.41) is 0. The zero-order valence-corrected chi connectivity index (χ0v) is 31.9. The van der Waals surface area contributed by atoms with E-state index < -0.39 is 0 Å². The molecule has 0 fully saturated rings. The van der Waals surface area contributed by atoms with Gasteiger partial charge >= 0.3 is 26.2 Å². The van der Waals surface area contributed by atoms with Crippen LogP contribution in [0.4, 0.5) is 0 Å². The Morgan fingerprint density at radius 3 is 1.20 bits per heavy atom. The van der Waals surface area contributed by atoms with Gasteiger partial charge in [-0.05, 0) is 46.3 Å². The maximum absolute atomic E-state index is 6.15. The van der Waals surface area contributed by atoms with Crippen molar-refractivity contribution < 1.29 is 51.0 Å². The van der Waals surface area contributed by atoms with E-state index >= 15 is 0 Å². The summed E-state index contributed by atoms with van der Waals surface area (Å²) in [5.41, 5.74) is 15.7. The fourth-order valence-corrected chi connectivity index (χ4v) is 8.71. The van der Waals surface area contributed by atoms with E-state index in [9.17, 15) is 0 Å². The summed E-state index contributed by atoms with van der Waals surface area (Å²) in [6, 6.07) is 21.9. The van der Waals surface area contributed by atoms with Crippen molar-refractivity contribution in [3.05, 3.63) is 129 Å². The molecule has 0 radical (unpaired) electrons. The first-order chi connectivity index (χ1) is 19.8. The van der Waals surface area contributed by atoms with Crippen LogP contribution in [0.1, 0.15) is 78.4 Å². The van der Waals surface area contributed by atoms with Gasteiger partial charge in [0.2, 0.25) is 0 Å². The molecule has 2 aromatic carbocycles. The zero-order valence-electron chi connectivity index (χ0n) is 26.3. The van der Waals surface area contributed by atoms with Gasteiger partial charge in [-0.1, -0.05) is 138 Å². The molecule has 0 amide bonds. The Hall–Kier alpha value is -1.48. The number of fused-ring (bicyclic) bond motifs is 2. The van der Waals surface area contributed by atoms with Crippen LogP contribution in [0.15, 0.2) is 105 Å². The van der Waals surface area contributed by atoms with Gasteiger partial charge in [-0.3, -0.25) is 12.2 Å². The van der Waals surface area contributed by atoms with Crippen LogP contribution < -0.4 is 24.8 Å². The molecule has 0 aromatic heterocycles. The molecule has 2 unspecified atom stereocenters. The first kappa shape index (κ1) is 37.0. The van der Waals surface area contributed by atoms with Crippen LogP contribution in [0.2, 0.25) is 0 Å². The second kappa shape index (κ2) is 14.5. The molecule has 44 heavy (non-hydrogen) atoms. The Morgan fingerprint density at radius 2 is 0.909 bits per heavy atom. The molecule has 0 nitrogen and oxygen atoms in total. The molecule has 0 aliphatic heterocycles. The minimum atomic E-state index is -0.283. The van der Waals surface area contributed by atoms with Gasteiger partial charge in [-0.25, -0.2) is 35.6 Å². The van der Waals surface area contributed by atoms with E-state index in [-0.39, 0.29) is 68.3 Å². The fraction of sp³-hybridized carbons (Fsp3) is 0.333. The molecule has 4 aliphatic rings. The average Bonchev–Trinajstić information content (AvgIpc) is 3.70. The Morgan fingerprint density at radius 1 is 0.568 bits per heavy atom. The van der Waals surface area contributed by atoms with Crippen molar-refractivity contribution in [2.75, 3.05) is 0 Å². The number of hydrogen-bond acceptors (Lipinski definition) is 2. The number of halogens is 2. The van der Waals surface area contributed by atoms with Crippen LogP contribution in [0.3, 0.4) is 0 Å². The standard InChI is InChI=1S/C39H38S2.2ClH.Zr/c1-7-23-21-29-31(25-17-13-11-14-18-25)35(27(9-3)33(29)37(23)40)39(5,6)36-28(10-4)34-30(22-24(8-2)38(34)41)32(36)26-19-15-12-16-20-26;;;/h11-20,29-30H,7-10H2,1-6H3;2*1H;/q-2;;;+4/p-2. The third-order valence-electron chi connectivity index (χ3n) is 9.46. The van der Waals surface area contributed by atoms with Crippen LogP contribution in [0, 0.1) is 29.4 Å². The van der Waals surface area contributed by atoms with E-state index in [4.69, 9.17) is 24.4 Å². The van der Waals surface area contributed by atoms with Crippen LogP contribution in [-0.2, 0) is 26.2 Å². The molecule has 5 heteroatoms. The minimum absolute atomic E-state index is 0. The fourth-order valence-electron chi connectivity index (χ4n) is 7.82. The average molecular weight is 733 g/mol. The molecule has 6 rings (SSSR count). The zero-order chi connectivity index (χ0) is 29.1. The quantitative estimate of drug-likeness (QED) is 0.287. The second-order valence-corrected chi connectivity index (χ2v) is 12.7. The predicted molar refractivity (Wildman–Crippen MR) is 181 cm³/mol. The molecule has 0 saturated heterocycles. The van der Waals surface area contributed by atoms with Crippen molar-refractivity contribution >= 4 is 45.3 Å². The summed E-state index contributed by atoms with van der Waals surface area (Å²) in [4.78, 5) is 2.04. The summed E-state index contributed by atoms with van der Waals surface area (Å²) < 4.78 is 0. The molecule has 0 saturated carbocycles. The molecule has 0 bridgehead atoms. The third-order valence-corrected chi connectivity index (χ3v) is 10.4. The minimum Gasteiger partial charge on any atom is -1.00 e. The van der Waals surface area contributed by atoms with Gasteiger partial charge in [0.15, 0.2) is 0 Å². The number of benzene rings is 2. The van der Waals surface area contributed by atoms with Gasteiger partial charge < -0.3 is 24.8 Å². The van der Waals surface area contributed by atoms with E-state index in [1.54, 1.807) is 0 Å². The van der Waals surface area contributed by atoms with Crippen molar-refractivity contribution in [2.45, 2.75) is 67.2 Å². The second-order valence-electron chi connectivity index (χ2n) is 11.9. The summed E-state index contributed by atoms with van der Waals surface area (Å²) in [6.07, 6.45) is 11.5. The van der Waals surface area contributed by atoms with E-state index in [1.165, 1.54) is 66.9 Å². The van der Waals surface area contributed by atoms with Gasteiger partial charge in [0, 0.05) is 5.41 Å². The number of rotatable bonds is 8. The van der Waals surface area contributed by atoms with Crippen LogP contribution in [0.5, 0.6) is 0 Å². The summed E-state index contributed by atoms with van der Waals surface area (Å²) in [5.74, 6) is 0.199. The monoisotopic (exact) mass is 730 g/mol. The largest absolute Gasteiger partial charge is 4.00 e. The SMILES string of the molecule is CCC1=[C-]C2C(=C(CC)C(C(C)(C)C3=C(c4ccccc4)C4[C-]=C(CC)C(=S)C4=C3CC)=C2c2ccccc2)C1=S.[Cl-].[Cl-].[Zr+4]. The first-order valence-electron chi connectivity index (χ1n) is 15.2. The summed E-state index contributed by atoms with van der Waals surface area (Å²) in [7, 11) is 0. The Kier molecular flexibility index (Phi) is 12.2.